The molecule has 0 fully saturated rings. The van der Waals surface area contributed by atoms with Crippen molar-refractivity contribution in [2.24, 2.45) is 0 Å². The zero-order valence-electron chi connectivity index (χ0n) is 9.76. The van der Waals surface area contributed by atoms with E-state index < -0.39 is 0 Å². The Labute approximate surface area is 91.5 Å². The molecule has 1 aromatic carbocycles. The van der Waals surface area contributed by atoms with E-state index in [2.05, 4.69) is 32.9 Å². The molecule has 2 rings (SSSR count). The largest absolute Gasteiger partial charge is 0.294 e. The van der Waals surface area contributed by atoms with Crippen molar-refractivity contribution < 1.29 is 4.79 Å². The van der Waals surface area contributed by atoms with Gasteiger partial charge in [0.15, 0.2) is 5.78 Å². The van der Waals surface area contributed by atoms with Gasteiger partial charge in [0.1, 0.15) is 0 Å². The zero-order valence-corrected chi connectivity index (χ0v) is 9.76. The van der Waals surface area contributed by atoms with Gasteiger partial charge in [-0.05, 0) is 29.4 Å². The van der Waals surface area contributed by atoms with Crippen LogP contribution in [0, 0.1) is 0 Å². The van der Waals surface area contributed by atoms with Gasteiger partial charge in [0.05, 0.1) is 0 Å². The van der Waals surface area contributed by atoms with Crippen molar-refractivity contribution >= 4 is 5.78 Å². The van der Waals surface area contributed by atoms with Gasteiger partial charge in [-0.25, -0.2) is 0 Å². The zero-order chi connectivity index (χ0) is 11.1. The van der Waals surface area contributed by atoms with Crippen molar-refractivity contribution in [3.63, 3.8) is 0 Å². The molecule has 0 atom stereocenters. The SMILES string of the molecule is CC(C)(C)c1ccc2c(c1)CCCC2=O. The fourth-order valence-electron chi connectivity index (χ4n) is 2.11. The first-order valence-electron chi connectivity index (χ1n) is 5.65. The molecule has 15 heavy (non-hydrogen) atoms. The molecule has 0 bridgehead atoms. The lowest BCUT2D eigenvalue weighted by Crippen LogP contribution is -2.15. The molecule has 0 aliphatic heterocycles. The monoisotopic (exact) mass is 202 g/mol. The van der Waals surface area contributed by atoms with Gasteiger partial charge < -0.3 is 0 Å². The van der Waals surface area contributed by atoms with Crippen LogP contribution in [0.4, 0.5) is 0 Å². The maximum atomic E-state index is 11.6. The highest BCUT2D eigenvalue weighted by Crippen LogP contribution is 2.28. The molecule has 1 aliphatic carbocycles. The van der Waals surface area contributed by atoms with Crippen molar-refractivity contribution in [3.8, 4) is 0 Å². The highest BCUT2D eigenvalue weighted by molar-refractivity contribution is 5.98. The van der Waals surface area contributed by atoms with Crippen LogP contribution in [0.1, 0.15) is 55.1 Å². The molecule has 1 heteroatoms. The Balaban J connectivity index is 2.46. The summed E-state index contributed by atoms with van der Waals surface area (Å²) < 4.78 is 0. The molecule has 0 saturated carbocycles. The first-order chi connectivity index (χ1) is 6.98. The Morgan fingerprint density at radius 2 is 1.87 bits per heavy atom. The number of ketones is 1. The maximum absolute atomic E-state index is 11.6. The molecule has 0 saturated heterocycles. The van der Waals surface area contributed by atoms with Crippen LogP contribution in [0.15, 0.2) is 18.2 Å². The number of carbonyl (C=O) groups excluding carboxylic acids is 1. The fourth-order valence-corrected chi connectivity index (χ4v) is 2.11. The van der Waals surface area contributed by atoms with Crippen LogP contribution >= 0.6 is 0 Å². The van der Waals surface area contributed by atoms with Crippen molar-refractivity contribution in [1.29, 1.82) is 0 Å². The lowest BCUT2D eigenvalue weighted by Gasteiger charge is -2.22. The molecule has 0 spiro atoms. The van der Waals surface area contributed by atoms with Gasteiger partial charge in [0.2, 0.25) is 0 Å². The molecule has 0 N–H and O–H groups in total. The van der Waals surface area contributed by atoms with Crippen molar-refractivity contribution in [2.75, 3.05) is 0 Å². The van der Waals surface area contributed by atoms with Gasteiger partial charge in [-0.3, -0.25) is 4.79 Å². The second kappa shape index (κ2) is 3.48. The Kier molecular flexibility index (Phi) is 2.41. The minimum atomic E-state index is 0.176. The number of hydrogen-bond acceptors (Lipinski definition) is 1. The highest BCUT2D eigenvalue weighted by atomic mass is 16.1. The summed E-state index contributed by atoms with van der Waals surface area (Å²) in [5.74, 6) is 0.316. The van der Waals surface area contributed by atoms with Gasteiger partial charge in [0.25, 0.3) is 0 Å². The van der Waals surface area contributed by atoms with E-state index in [1.165, 1.54) is 11.1 Å². The van der Waals surface area contributed by atoms with Crippen LogP contribution in [0.2, 0.25) is 0 Å². The van der Waals surface area contributed by atoms with E-state index in [4.69, 9.17) is 0 Å². The molecule has 1 aliphatic rings. The van der Waals surface area contributed by atoms with Crippen LogP contribution < -0.4 is 0 Å². The molecular weight excluding hydrogens is 184 g/mol. The molecule has 80 valence electrons. The first kappa shape index (κ1) is 10.4. The molecule has 1 aromatic rings. The molecule has 0 aromatic heterocycles. The van der Waals surface area contributed by atoms with E-state index in [-0.39, 0.29) is 5.41 Å². The minimum Gasteiger partial charge on any atom is -0.294 e. The normalized spacial score (nSPS) is 16.3. The third-order valence-corrected chi connectivity index (χ3v) is 3.12. The van der Waals surface area contributed by atoms with Crippen molar-refractivity contribution in [3.05, 3.63) is 34.9 Å². The van der Waals surface area contributed by atoms with Gasteiger partial charge in [-0.15, -0.1) is 0 Å². The predicted octanol–water partition coefficient (Wildman–Crippen LogP) is 3.50. The molecule has 1 nitrogen and oxygen atoms in total. The average molecular weight is 202 g/mol. The third-order valence-electron chi connectivity index (χ3n) is 3.12. The van der Waals surface area contributed by atoms with Gasteiger partial charge in [0, 0.05) is 12.0 Å². The third kappa shape index (κ3) is 1.97. The van der Waals surface area contributed by atoms with Crippen molar-refractivity contribution in [2.45, 2.75) is 45.4 Å². The van der Waals surface area contributed by atoms with Crippen LogP contribution in [0.25, 0.3) is 0 Å². The number of hydrogen-bond donors (Lipinski definition) is 0. The molecule has 0 heterocycles. The Morgan fingerprint density at radius 1 is 1.13 bits per heavy atom. The summed E-state index contributed by atoms with van der Waals surface area (Å²) in [4.78, 5) is 11.6. The van der Waals surface area contributed by atoms with Crippen LogP contribution in [-0.2, 0) is 11.8 Å². The quantitative estimate of drug-likeness (QED) is 0.629. The highest BCUT2D eigenvalue weighted by Gasteiger charge is 2.20. The second-order valence-electron chi connectivity index (χ2n) is 5.40. The van der Waals surface area contributed by atoms with Gasteiger partial charge in [-0.2, -0.15) is 0 Å². The maximum Gasteiger partial charge on any atom is 0.163 e. The van der Waals surface area contributed by atoms with E-state index in [9.17, 15) is 4.79 Å². The van der Waals surface area contributed by atoms with E-state index in [0.717, 1.165) is 24.8 Å². The number of carbonyl (C=O) groups is 1. The first-order valence-corrected chi connectivity index (χ1v) is 5.65. The number of rotatable bonds is 0. The lowest BCUT2D eigenvalue weighted by atomic mass is 9.82. The standard InChI is InChI=1S/C14H18O/c1-14(2,3)11-7-8-12-10(9-11)5-4-6-13(12)15/h7-9H,4-6H2,1-3H3. The molecule has 0 amide bonds. The van der Waals surface area contributed by atoms with Gasteiger partial charge >= 0.3 is 0 Å². The molecular formula is C14H18O. The summed E-state index contributed by atoms with van der Waals surface area (Å²) in [5, 5.41) is 0. The Bertz CT molecular complexity index is 396. The summed E-state index contributed by atoms with van der Waals surface area (Å²) in [7, 11) is 0. The Hall–Kier alpha value is -1.11. The van der Waals surface area contributed by atoms with E-state index in [0.29, 0.717) is 5.78 Å². The van der Waals surface area contributed by atoms with Crippen molar-refractivity contribution in [1.82, 2.24) is 0 Å². The second-order valence-corrected chi connectivity index (χ2v) is 5.40. The summed E-state index contributed by atoms with van der Waals surface area (Å²) in [6, 6.07) is 6.33. The number of Topliss-reactive ketones (excluding diaryl/α,β-unsaturated/α-hetero) is 1. The van der Waals surface area contributed by atoms with Gasteiger partial charge in [-0.1, -0.05) is 39.0 Å². The summed E-state index contributed by atoms with van der Waals surface area (Å²) >= 11 is 0. The molecule has 0 radical (unpaired) electrons. The minimum absolute atomic E-state index is 0.176. The average Bonchev–Trinajstić information content (AvgIpc) is 2.16. The smallest absolute Gasteiger partial charge is 0.163 e. The predicted molar refractivity (Wildman–Crippen MR) is 62.4 cm³/mol. The lowest BCUT2D eigenvalue weighted by molar-refractivity contribution is 0.0972. The van der Waals surface area contributed by atoms with E-state index in [1.807, 2.05) is 6.07 Å². The number of aryl methyl sites for hydroxylation is 1. The number of benzene rings is 1. The summed E-state index contributed by atoms with van der Waals surface area (Å²) in [5.41, 5.74) is 3.71. The topological polar surface area (TPSA) is 17.1 Å². The fraction of sp³-hybridized carbons (Fsp3) is 0.500. The molecule has 0 unspecified atom stereocenters. The van der Waals surface area contributed by atoms with Crippen LogP contribution in [-0.4, -0.2) is 5.78 Å². The van der Waals surface area contributed by atoms with Crippen LogP contribution in [0.5, 0.6) is 0 Å². The summed E-state index contributed by atoms with van der Waals surface area (Å²) in [6.45, 7) is 6.62. The van der Waals surface area contributed by atoms with E-state index in [1.54, 1.807) is 0 Å². The summed E-state index contributed by atoms with van der Waals surface area (Å²) in [6.07, 6.45) is 2.80. The Morgan fingerprint density at radius 3 is 2.53 bits per heavy atom. The number of fused-ring (bicyclic) bond motifs is 1. The van der Waals surface area contributed by atoms with Crippen LogP contribution in [0.3, 0.4) is 0 Å². The van der Waals surface area contributed by atoms with E-state index >= 15 is 0 Å².